The Bertz CT molecular complexity index is 852. The molecular weight excluding hydrogens is 328 g/mol. The number of rotatable bonds is 7. The van der Waals surface area contributed by atoms with Gasteiger partial charge in [0.2, 0.25) is 0 Å². The van der Waals surface area contributed by atoms with Gasteiger partial charge in [-0.3, -0.25) is 9.78 Å². The molecule has 0 fully saturated rings. The van der Waals surface area contributed by atoms with Crippen LogP contribution in [0.25, 0.3) is 0 Å². The second-order valence-electron chi connectivity index (χ2n) is 5.56. The van der Waals surface area contributed by atoms with Crippen molar-refractivity contribution >= 4 is 11.6 Å². The first-order valence-corrected chi connectivity index (χ1v) is 8.41. The number of anilines is 1. The Labute approximate surface area is 152 Å². The molecule has 0 radical (unpaired) electrons. The van der Waals surface area contributed by atoms with Gasteiger partial charge in [-0.25, -0.2) is 0 Å². The van der Waals surface area contributed by atoms with Crippen LogP contribution in [0, 0.1) is 0 Å². The topological polar surface area (TPSA) is 60.5 Å². The summed E-state index contributed by atoms with van der Waals surface area (Å²) >= 11 is 0. The van der Waals surface area contributed by atoms with E-state index in [1.54, 1.807) is 30.6 Å². The average Bonchev–Trinajstić information content (AvgIpc) is 2.69. The number of carbonyl (C=O) groups excluding carboxylic acids is 1. The summed E-state index contributed by atoms with van der Waals surface area (Å²) in [6, 6.07) is 18.3. The van der Waals surface area contributed by atoms with Crippen LogP contribution in [-0.2, 0) is 6.61 Å². The van der Waals surface area contributed by atoms with Crippen molar-refractivity contribution in [2.75, 3.05) is 11.9 Å². The largest absolute Gasteiger partial charge is 0.490 e. The predicted octanol–water partition coefficient (Wildman–Crippen LogP) is 4.31. The number of nitrogens with zero attached hydrogens (tertiary/aromatic N) is 1. The fourth-order valence-corrected chi connectivity index (χ4v) is 2.40. The second-order valence-corrected chi connectivity index (χ2v) is 5.56. The maximum Gasteiger partial charge on any atom is 0.255 e. The third kappa shape index (κ3) is 4.60. The number of benzene rings is 2. The van der Waals surface area contributed by atoms with Gasteiger partial charge in [0.1, 0.15) is 6.61 Å². The fourth-order valence-electron chi connectivity index (χ4n) is 2.40. The molecule has 1 N–H and O–H groups in total. The van der Waals surface area contributed by atoms with Crippen molar-refractivity contribution in [2.24, 2.45) is 0 Å². The minimum absolute atomic E-state index is 0.196. The summed E-state index contributed by atoms with van der Waals surface area (Å²) in [4.78, 5) is 16.4. The number of aromatic nitrogens is 1. The van der Waals surface area contributed by atoms with Crippen molar-refractivity contribution in [1.82, 2.24) is 4.98 Å². The highest BCUT2D eigenvalue weighted by Gasteiger charge is 2.12. The highest BCUT2D eigenvalue weighted by Crippen LogP contribution is 2.29. The van der Waals surface area contributed by atoms with Crippen LogP contribution >= 0.6 is 0 Å². The average molecular weight is 348 g/mol. The van der Waals surface area contributed by atoms with Gasteiger partial charge in [0, 0.05) is 23.6 Å². The summed E-state index contributed by atoms with van der Waals surface area (Å²) in [6.07, 6.45) is 3.44. The minimum atomic E-state index is -0.196. The zero-order valence-electron chi connectivity index (χ0n) is 14.5. The molecule has 1 aromatic heterocycles. The molecule has 0 saturated carbocycles. The normalized spacial score (nSPS) is 10.2. The number of ether oxygens (including phenoxy) is 2. The van der Waals surface area contributed by atoms with Crippen LogP contribution in [-0.4, -0.2) is 17.5 Å². The lowest BCUT2D eigenvalue weighted by atomic mass is 10.1. The smallest absolute Gasteiger partial charge is 0.255 e. The van der Waals surface area contributed by atoms with Gasteiger partial charge in [0.15, 0.2) is 11.5 Å². The predicted molar refractivity (Wildman–Crippen MR) is 101 cm³/mol. The first-order chi connectivity index (χ1) is 12.8. The summed E-state index contributed by atoms with van der Waals surface area (Å²) in [7, 11) is 0. The van der Waals surface area contributed by atoms with Gasteiger partial charge in [-0.2, -0.15) is 0 Å². The Balaban J connectivity index is 1.74. The number of carbonyl (C=O) groups is 1. The van der Waals surface area contributed by atoms with Crippen molar-refractivity contribution in [3.8, 4) is 11.5 Å². The Hall–Kier alpha value is -3.34. The summed E-state index contributed by atoms with van der Waals surface area (Å²) in [5.74, 6) is 0.944. The lowest BCUT2D eigenvalue weighted by molar-refractivity contribution is 0.102. The van der Waals surface area contributed by atoms with Crippen molar-refractivity contribution in [2.45, 2.75) is 13.5 Å². The van der Waals surface area contributed by atoms with E-state index in [4.69, 9.17) is 9.47 Å². The lowest BCUT2D eigenvalue weighted by Gasteiger charge is -2.13. The Morgan fingerprint density at radius 3 is 2.46 bits per heavy atom. The molecule has 0 spiro atoms. The van der Waals surface area contributed by atoms with Gasteiger partial charge >= 0.3 is 0 Å². The molecule has 0 atom stereocenters. The van der Waals surface area contributed by atoms with Crippen molar-refractivity contribution < 1.29 is 14.3 Å². The fraction of sp³-hybridized carbons (Fsp3) is 0.143. The van der Waals surface area contributed by atoms with Crippen LogP contribution in [0.3, 0.4) is 0 Å². The molecule has 2 aromatic carbocycles. The molecule has 3 aromatic rings. The van der Waals surface area contributed by atoms with Crippen LogP contribution in [0.2, 0.25) is 0 Å². The van der Waals surface area contributed by atoms with Gasteiger partial charge in [0.25, 0.3) is 5.91 Å². The van der Waals surface area contributed by atoms with E-state index in [0.29, 0.717) is 30.3 Å². The van der Waals surface area contributed by atoms with Crippen LogP contribution < -0.4 is 14.8 Å². The van der Waals surface area contributed by atoms with E-state index in [0.717, 1.165) is 11.3 Å². The quantitative estimate of drug-likeness (QED) is 0.691. The molecule has 0 aliphatic heterocycles. The monoisotopic (exact) mass is 348 g/mol. The van der Waals surface area contributed by atoms with Gasteiger partial charge in [-0.05, 0) is 55.0 Å². The van der Waals surface area contributed by atoms with E-state index in [1.165, 1.54) is 0 Å². The lowest BCUT2D eigenvalue weighted by Crippen LogP contribution is -2.12. The summed E-state index contributed by atoms with van der Waals surface area (Å²) < 4.78 is 11.5. The summed E-state index contributed by atoms with van der Waals surface area (Å²) in [6.45, 7) is 2.77. The maximum atomic E-state index is 12.4. The SMILES string of the molecule is CCOc1cc(C(=O)Nc2ccccc2)ccc1OCc1ccncc1. The highest BCUT2D eigenvalue weighted by atomic mass is 16.5. The third-order valence-electron chi connectivity index (χ3n) is 3.68. The molecule has 0 aliphatic rings. The van der Waals surface area contributed by atoms with Gasteiger partial charge in [-0.1, -0.05) is 18.2 Å². The maximum absolute atomic E-state index is 12.4. The molecule has 5 nitrogen and oxygen atoms in total. The molecule has 0 bridgehead atoms. The van der Waals surface area contributed by atoms with E-state index in [-0.39, 0.29) is 5.91 Å². The Morgan fingerprint density at radius 2 is 1.73 bits per heavy atom. The third-order valence-corrected chi connectivity index (χ3v) is 3.68. The number of amides is 1. The van der Waals surface area contributed by atoms with Crippen LogP contribution in [0.4, 0.5) is 5.69 Å². The van der Waals surface area contributed by atoms with E-state index < -0.39 is 0 Å². The number of nitrogens with one attached hydrogen (secondary N) is 1. The van der Waals surface area contributed by atoms with Crippen molar-refractivity contribution in [3.05, 3.63) is 84.2 Å². The second kappa shape index (κ2) is 8.67. The number of pyridine rings is 1. The first kappa shape index (κ1) is 17.5. The van der Waals surface area contributed by atoms with E-state index >= 15 is 0 Å². The Morgan fingerprint density at radius 1 is 0.962 bits per heavy atom. The molecule has 26 heavy (non-hydrogen) atoms. The molecule has 0 saturated heterocycles. The molecule has 3 rings (SSSR count). The van der Waals surface area contributed by atoms with Crippen molar-refractivity contribution in [1.29, 1.82) is 0 Å². The van der Waals surface area contributed by atoms with Crippen LogP contribution in [0.5, 0.6) is 11.5 Å². The molecule has 0 aliphatic carbocycles. The van der Waals surface area contributed by atoms with Gasteiger partial charge in [-0.15, -0.1) is 0 Å². The molecule has 1 amide bonds. The van der Waals surface area contributed by atoms with Gasteiger partial charge < -0.3 is 14.8 Å². The summed E-state index contributed by atoms with van der Waals surface area (Å²) in [5, 5.41) is 2.86. The zero-order valence-corrected chi connectivity index (χ0v) is 14.5. The molecule has 132 valence electrons. The van der Waals surface area contributed by atoms with E-state index in [9.17, 15) is 4.79 Å². The standard InChI is InChI=1S/C21H20N2O3/c1-2-25-20-14-17(21(24)23-18-6-4-3-5-7-18)8-9-19(20)26-15-16-10-12-22-13-11-16/h3-14H,2,15H2,1H3,(H,23,24). The van der Waals surface area contributed by atoms with E-state index in [2.05, 4.69) is 10.3 Å². The molecule has 1 heterocycles. The van der Waals surface area contributed by atoms with Crippen LogP contribution in [0.1, 0.15) is 22.8 Å². The summed E-state index contributed by atoms with van der Waals surface area (Å²) in [5.41, 5.74) is 2.26. The number of para-hydroxylation sites is 1. The minimum Gasteiger partial charge on any atom is -0.490 e. The zero-order chi connectivity index (χ0) is 18.2. The molecule has 5 heteroatoms. The van der Waals surface area contributed by atoms with E-state index in [1.807, 2.05) is 49.4 Å². The molecule has 0 unspecified atom stereocenters. The molecular formula is C21H20N2O3. The Kier molecular flexibility index (Phi) is 5.83. The number of hydrogen-bond acceptors (Lipinski definition) is 4. The van der Waals surface area contributed by atoms with Crippen LogP contribution in [0.15, 0.2) is 73.1 Å². The first-order valence-electron chi connectivity index (χ1n) is 8.41. The number of hydrogen-bond donors (Lipinski definition) is 1. The van der Waals surface area contributed by atoms with Crippen molar-refractivity contribution in [3.63, 3.8) is 0 Å². The van der Waals surface area contributed by atoms with Gasteiger partial charge in [0.05, 0.1) is 6.61 Å². The highest BCUT2D eigenvalue weighted by molar-refractivity contribution is 6.04.